The molecule has 0 bridgehead atoms. The number of piperazine rings is 1. The van der Waals surface area contributed by atoms with Crippen molar-refractivity contribution in [2.24, 2.45) is 0 Å². The van der Waals surface area contributed by atoms with Crippen LogP contribution in [0.25, 0.3) is 0 Å². The molecule has 1 fully saturated rings. The van der Waals surface area contributed by atoms with Gasteiger partial charge in [-0.2, -0.15) is 0 Å². The van der Waals surface area contributed by atoms with Crippen molar-refractivity contribution in [1.29, 1.82) is 0 Å². The van der Waals surface area contributed by atoms with E-state index in [1.807, 2.05) is 4.90 Å². The molecule has 1 aliphatic heterocycles. The minimum atomic E-state index is -0.720. The lowest BCUT2D eigenvalue weighted by atomic mass is 10.2. The van der Waals surface area contributed by atoms with Gasteiger partial charge >= 0.3 is 5.97 Å². The molecule has 1 rings (SSSR count). The van der Waals surface area contributed by atoms with E-state index in [4.69, 9.17) is 5.11 Å². The molecule has 1 saturated heterocycles. The molecule has 0 aliphatic carbocycles. The van der Waals surface area contributed by atoms with Crippen molar-refractivity contribution in [2.45, 2.75) is 26.3 Å². The van der Waals surface area contributed by atoms with E-state index in [9.17, 15) is 4.79 Å². The molecule has 0 aromatic heterocycles. The van der Waals surface area contributed by atoms with Crippen molar-refractivity contribution >= 4 is 5.97 Å². The van der Waals surface area contributed by atoms with Crippen LogP contribution in [0.3, 0.4) is 0 Å². The summed E-state index contributed by atoms with van der Waals surface area (Å²) >= 11 is 0. The molecule has 0 aromatic carbocycles. The second-order valence-corrected chi connectivity index (χ2v) is 3.96. The summed E-state index contributed by atoms with van der Waals surface area (Å²) in [5.74, 6) is -0.720. The van der Waals surface area contributed by atoms with E-state index >= 15 is 0 Å². The Labute approximate surface area is 85.5 Å². The normalized spacial score (nSPS) is 22.1. The molecule has 1 aliphatic rings. The van der Waals surface area contributed by atoms with E-state index in [0.29, 0.717) is 6.04 Å². The summed E-state index contributed by atoms with van der Waals surface area (Å²) in [5, 5.41) is 8.63. The predicted molar refractivity (Wildman–Crippen MR) is 55.4 cm³/mol. The third-order valence-corrected chi connectivity index (χ3v) is 2.98. The van der Waals surface area contributed by atoms with Crippen LogP contribution >= 0.6 is 0 Å². The molecule has 0 saturated carbocycles. The van der Waals surface area contributed by atoms with Gasteiger partial charge in [-0.05, 0) is 13.3 Å². The summed E-state index contributed by atoms with van der Waals surface area (Å²) in [6.45, 7) is 8.38. The Morgan fingerprint density at radius 2 is 1.93 bits per heavy atom. The van der Waals surface area contributed by atoms with Crippen LogP contribution in [0.2, 0.25) is 0 Å². The molecule has 0 amide bonds. The number of nitrogens with zero attached hydrogens (tertiary/aromatic N) is 2. The average molecular weight is 200 g/mol. The van der Waals surface area contributed by atoms with E-state index < -0.39 is 5.97 Å². The van der Waals surface area contributed by atoms with Crippen LogP contribution < -0.4 is 0 Å². The van der Waals surface area contributed by atoms with Gasteiger partial charge in [-0.15, -0.1) is 0 Å². The van der Waals surface area contributed by atoms with Gasteiger partial charge in [0.15, 0.2) is 0 Å². The van der Waals surface area contributed by atoms with Crippen molar-refractivity contribution in [3.05, 3.63) is 0 Å². The second kappa shape index (κ2) is 5.32. The number of carbonyl (C=O) groups is 1. The SMILES string of the molecule is CC[C@H](C)N1CCN(CC(=O)O)CC1. The molecule has 0 radical (unpaired) electrons. The van der Waals surface area contributed by atoms with Crippen LogP contribution in [-0.4, -0.2) is 59.6 Å². The molecule has 4 nitrogen and oxygen atoms in total. The summed E-state index contributed by atoms with van der Waals surface area (Å²) in [6, 6.07) is 0.627. The molecule has 0 unspecified atom stereocenters. The zero-order valence-electron chi connectivity index (χ0n) is 9.07. The lowest BCUT2D eigenvalue weighted by molar-refractivity contribution is -0.138. The second-order valence-electron chi connectivity index (χ2n) is 3.96. The highest BCUT2D eigenvalue weighted by Gasteiger charge is 2.20. The Morgan fingerprint density at radius 3 is 2.36 bits per heavy atom. The van der Waals surface area contributed by atoms with E-state index in [1.165, 1.54) is 6.42 Å². The van der Waals surface area contributed by atoms with Crippen molar-refractivity contribution in [3.63, 3.8) is 0 Å². The summed E-state index contributed by atoms with van der Waals surface area (Å²) in [6.07, 6.45) is 1.17. The van der Waals surface area contributed by atoms with Gasteiger partial charge in [-0.1, -0.05) is 6.92 Å². The Kier molecular flexibility index (Phi) is 4.35. The quantitative estimate of drug-likeness (QED) is 0.717. The van der Waals surface area contributed by atoms with Gasteiger partial charge < -0.3 is 5.11 Å². The van der Waals surface area contributed by atoms with E-state index in [0.717, 1.165) is 26.2 Å². The highest BCUT2D eigenvalue weighted by molar-refractivity contribution is 5.69. The zero-order valence-corrected chi connectivity index (χ0v) is 9.07. The van der Waals surface area contributed by atoms with Crippen LogP contribution in [0.4, 0.5) is 0 Å². The molecule has 1 atom stereocenters. The molecular weight excluding hydrogens is 180 g/mol. The molecule has 0 aromatic rings. The monoisotopic (exact) mass is 200 g/mol. The third kappa shape index (κ3) is 3.27. The Bertz CT molecular complexity index is 189. The highest BCUT2D eigenvalue weighted by atomic mass is 16.4. The van der Waals surface area contributed by atoms with Gasteiger partial charge in [0.1, 0.15) is 0 Å². The van der Waals surface area contributed by atoms with Gasteiger partial charge in [0, 0.05) is 32.2 Å². The largest absolute Gasteiger partial charge is 0.480 e. The standard InChI is InChI=1S/C10H20N2O2/c1-3-9(2)12-6-4-11(5-7-12)8-10(13)14/h9H,3-8H2,1-2H3,(H,13,14)/t9-/m0/s1. The van der Waals surface area contributed by atoms with Crippen molar-refractivity contribution < 1.29 is 9.90 Å². The molecule has 1 heterocycles. The minimum Gasteiger partial charge on any atom is -0.480 e. The third-order valence-electron chi connectivity index (χ3n) is 2.98. The minimum absolute atomic E-state index is 0.189. The predicted octanol–water partition coefficient (Wildman–Crippen LogP) is 0.487. The fourth-order valence-corrected chi connectivity index (χ4v) is 1.81. The lowest BCUT2D eigenvalue weighted by Crippen LogP contribution is -2.50. The summed E-state index contributed by atoms with van der Waals surface area (Å²) in [7, 11) is 0. The molecule has 82 valence electrons. The van der Waals surface area contributed by atoms with Crippen LogP contribution in [0, 0.1) is 0 Å². The molecule has 1 N–H and O–H groups in total. The maximum Gasteiger partial charge on any atom is 0.317 e. The lowest BCUT2D eigenvalue weighted by Gasteiger charge is -2.37. The number of carboxylic acids is 1. The van der Waals surface area contributed by atoms with Crippen LogP contribution in [0.5, 0.6) is 0 Å². The average Bonchev–Trinajstić information content (AvgIpc) is 2.17. The Morgan fingerprint density at radius 1 is 1.36 bits per heavy atom. The maximum atomic E-state index is 10.5. The van der Waals surface area contributed by atoms with E-state index in [1.54, 1.807) is 0 Å². The number of hydrogen-bond acceptors (Lipinski definition) is 3. The summed E-state index contributed by atoms with van der Waals surface area (Å²) < 4.78 is 0. The Balaban J connectivity index is 2.27. The van der Waals surface area contributed by atoms with Gasteiger partial charge in [-0.25, -0.2) is 0 Å². The maximum absolute atomic E-state index is 10.5. The summed E-state index contributed by atoms with van der Waals surface area (Å²) in [4.78, 5) is 14.9. The molecule has 14 heavy (non-hydrogen) atoms. The van der Waals surface area contributed by atoms with Gasteiger partial charge in [0.2, 0.25) is 0 Å². The number of rotatable bonds is 4. The van der Waals surface area contributed by atoms with Gasteiger partial charge in [0.25, 0.3) is 0 Å². The first kappa shape index (κ1) is 11.5. The fraction of sp³-hybridized carbons (Fsp3) is 0.900. The van der Waals surface area contributed by atoms with Crippen molar-refractivity contribution in [1.82, 2.24) is 9.80 Å². The molecule has 0 spiro atoms. The van der Waals surface area contributed by atoms with Gasteiger partial charge in [0.05, 0.1) is 6.54 Å². The van der Waals surface area contributed by atoms with Crippen LogP contribution in [0.15, 0.2) is 0 Å². The first-order chi connectivity index (χ1) is 6.63. The van der Waals surface area contributed by atoms with Crippen LogP contribution in [0.1, 0.15) is 20.3 Å². The first-order valence-corrected chi connectivity index (χ1v) is 5.31. The smallest absolute Gasteiger partial charge is 0.317 e. The Hall–Kier alpha value is -0.610. The molecular formula is C10H20N2O2. The number of aliphatic carboxylic acids is 1. The topological polar surface area (TPSA) is 43.8 Å². The fourth-order valence-electron chi connectivity index (χ4n) is 1.81. The molecule has 4 heteroatoms. The first-order valence-electron chi connectivity index (χ1n) is 5.31. The summed E-state index contributed by atoms with van der Waals surface area (Å²) in [5.41, 5.74) is 0. The van der Waals surface area contributed by atoms with Gasteiger partial charge in [-0.3, -0.25) is 14.6 Å². The van der Waals surface area contributed by atoms with E-state index in [-0.39, 0.29) is 6.54 Å². The zero-order chi connectivity index (χ0) is 10.6. The number of hydrogen-bond donors (Lipinski definition) is 1. The number of carboxylic acid groups (broad SMARTS) is 1. The highest BCUT2D eigenvalue weighted by Crippen LogP contribution is 2.08. The van der Waals surface area contributed by atoms with Crippen molar-refractivity contribution in [3.8, 4) is 0 Å². The van der Waals surface area contributed by atoms with E-state index in [2.05, 4.69) is 18.7 Å². The van der Waals surface area contributed by atoms with Crippen molar-refractivity contribution in [2.75, 3.05) is 32.7 Å². The van der Waals surface area contributed by atoms with Crippen LogP contribution in [-0.2, 0) is 4.79 Å².